The molecule has 0 unspecified atom stereocenters. The number of aromatic nitrogens is 1. The van der Waals surface area contributed by atoms with Gasteiger partial charge in [0.2, 0.25) is 10.0 Å². The number of aliphatic hydroxyl groups is 1. The number of methoxy groups -OCH3 is 1. The summed E-state index contributed by atoms with van der Waals surface area (Å²) in [7, 11) is -2.73. The van der Waals surface area contributed by atoms with Crippen LogP contribution < -0.4 is 5.32 Å². The average molecular weight is 592 g/mol. The highest BCUT2D eigenvalue weighted by atomic mass is 32.2. The molecule has 0 aliphatic heterocycles. The van der Waals surface area contributed by atoms with Gasteiger partial charge in [0.25, 0.3) is 0 Å². The number of alkyl carbamates (subject to hydrolysis) is 1. The quantitative estimate of drug-likeness (QED) is 0.270. The molecule has 0 aliphatic rings. The Kier molecular flexibility index (Phi) is 11.4. The molecule has 1 heterocycles. The Morgan fingerprint density at radius 3 is 2.52 bits per heavy atom. The van der Waals surface area contributed by atoms with Crippen molar-refractivity contribution in [3.8, 4) is 0 Å². The molecular formula is C28H37N3O7S2. The van der Waals surface area contributed by atoms with E-state index in [-0.39, 0.29) is 36.9 Å². The van der Waals surface area contributed by atoms with E-state index in [2.05, 4.69) is 15.0 Å². The lowest BCUT2D eigenvalue weighted by Gasteiger charge is -2.31. The summed E-state index contributed by atoms with van der Waals surface area (Å²) in [6.45, 7) is 5.22. The summed E-state index contributed by atoms with van der Waals surface area (Å²) >= 11 is 1.35. The van der Waals surface area contributed by atoms with Gasteiger partial charge in [0, 0.05) is 13.1 Å². The summed E-state index contributed by atoms with van der Waals surface area (Å²) in [4.78, 5) is 28.7. The van der Waals surface area contributed by atoms with Crippen molar-refractivity contribution in [1.29, 1.82) is 0 Å². The van der Waals surface area contributed by atoms with Crippen LogP contribution in [-0.2, 0) is 30.7 Å². The monoisotopic (exact) mass is 591 g/mol. The zero-order valence-electron chi connectivity index (χ0n) is 23.1. The highest BCUT2D eigenvalue weighted by molar-refractivity contribution is 7.89. The molecular weight excluding hydrogens is 554 g/mol. The van der Waals surface area contributed by atoms with Crippen molar-refractivity contribution >= 4 is 43.6 Å². The molecule has 3 rings (SSSR count). The molecule has 1 aromatic heterocycles. The maximum Gasteiger partial charge on any atom is 0.407 e. The third-order valence-corrected chi connectivity index (χ3v) is 9.30. The van der Waals surface area contributed by atoms with Crippen molar-refractivity contribution in [1.82, 2.24) is 14.6 Å². The second kappa shape index (κ2) is 14.5. The number of carbonyl (C=O) groups is 2. The lowest BCUT2D eigenvalue weighted by Crippen LogP contribution is -2.51. The molecule has 40 heavy (non-hydrogen) atoms. The minimum Gasteiger partial charge on any atom is -0.469 e. The fraction of sp³-hybridized carbons (Fsp3) is 0.464. The molecule has 3 aromatic rings. The van der Waals surface area contributed by atoms with E-state index in [1.54, 1.807) is 24.6 Å². The molecule has 10 nitrogen and oxygen atoms in total. The minimum absolute atomic E-state index is 0.0272. The maximum absolute atomic E-state index is 13.8. The summed E-state index contributed by atoms with van der Waals surface area (Å²) < 4.78 is 39.5. The van der Waals surface area contributed by atoms with E-state index in [9.17, 15) is 23.1 Å². The number of hydrogen-bond acceptors (Lipinski definition) is 9. The van der Waals surface area contributed by atoms with Gasteiger partial charge in [-0.1, -0.05) is 50.6 Å². The number of carbonyl (C=O) groups excluding carboxylic acids is 2. The summed E-state index contributed by atoms with van der Waals surface area (Å²) in [5.74, 6) is -1.16. The van der Waals surface area contributed by atoms with Gasteiger partial charge in [-0.15, -0.1) is 11.3 Å². The van der Waals surface area contributed by atoms with Gasteiger partial charge in [0.15, 0.2) is 0 Å². The molecule has 12 heteroatoms. The van der Waals surface area contributed by atoms with Crippen LogP contribution in [0.5, 0.6) is 0 Å². The molecule has 218 valence electrons. The van der Waals surface area contributed by atoms with Gasteiger partial charge < -0.3 is 19.9 Å². The SMILES string of the molecule is CC[C@H](C)CN(C[C@@H](O)[C@H](Cc1ccccc1)NC(=O)OC[C@H](C)C(=O)OC)S(=O)(=O)c1ccc2ncsc2c1. The minimum atomic E-state index is -3.98. The third kappa shape index (κ3) is 8.47. The molecule has 0 saturated heterocycles. The topological polar surface area (TPSA) is 135 Å². The molecule has 4 atom stereocenters. The second-order valence-corrected chi connectivity index (χ2v) is 12.7. The Morgan fingerprint density at radius 2 is 1.85 bits per heavy atom. The normalized spacial score (nSPS) is 14.8. The van der Waals surface area contributed by atoms with Crippen molar-refractivity contribution in [2.75, 3.05) is 26.8 Å². The first kappa shape index (κ1) is 31.5. The predicted molar refractivity (Wildman–Crippen MR) is 153 cm³/mol. The molecule has 2 N–H and O–H groups in total. The van der Waals surface area contributed by atoms with Gasteiger partial charge in [-0.2, -0.15) is 4.31 Å². The maximum atomic E-state index is 13.8. The van der Waals surface area contributed by atoms with E-state index in [4.69, 9.17) is 4.74 Å². The standard InChI is InChI=1S/C28H37N3O7S2/c1-5-19(2)15-31(40(35,36)22-11-12-23-26(14-22)39-18-29-23)16-25(32)24(13-21-9-7-6-8-10-21)30-28(34)38-17-20(3)27(33)37-4/h6-12,14,18-20,24-25,32H,5,13,15-17H2,1-4H3,(H,30,34)/t19-,20-,24-,25+/m0/s1. The van der Waals surface area contributed by atoms with Crippen molar-refractivity contribution in [2.45, 2.75) is 50.7 Å². The van der Waals surface area contributed by atoms with Crippen LogP contribution in [-0.4, -0.2) is 73.8 Å². The van der Waals surface area contributed by atoms with Gasteiger partial charge in [0.05, 0.1) is 45.8 Å². The molecule has 0 fully saturated rings. The number of thiazole rings is 1. The number of amides is 1. The Balaban J connectivity index is 1.84. The van der Waals surface area contributed by atoms with E-state index >= 15 is 0 Å². The fourth-order valence-electron chi connectivity index (χ4n) is 4.04. The van der Waals surface area contributed by atoms with Crippen LogP contribution >= 0.6 is 11.3 Å². The molecule has 0 bridgehead atoms. The van der Waals surface area contributed by atoms with Crippen molar-refractivity contribution < 1.29 is 32.6 Å². The van der Waals surface area contributed by atoms with E-state index < -0.39 is 40.1 Å². The van der Waals surface area contributed by atoms with E-state index in [0.717, 1.165) is 16.7 Å². The number of aliphatic hydroxyl groups excluding tert-OH is 1. The lowest BCUT2D eigenvalue weighted by atomic mass is 10.0. The number of esters is 1. The summed E-state index contributed by atoms with van der Waals surface area (Å²) in [6, 6.07) is 13.1. The molecule has 2 aromatic carbocycles. The van der Waals surface area contributed by atoms with E-state index in [1.165, 1.54) is 28.8 Å². The summed E-state index contributed by atoms with van der Waals surface area (Å²) in [5, 5.41) is 14.0. The van der Waals surface area contributed by atoms with E-state index in [0.29, 0.717) is 5.52 Å². The highest BCUT2D eigenvalue weighted by Crippen LogP contribution is 2.25. The fourth-order valence-corrected chi connectivity index (χ4v) is 6.44. The van der Waals surface area contributed by atoms with Gasteiger partial charge >= 0.3 is 12.1 Å². The van der Waals surface area contributed by atoms with Crippen LogP contribution in [0.2, 0.25) is 0 Å². The smallest absolute Gasteiger partial charge is 0.407 e. The zero-order valence-corrected chi connectivity index (χ0v) is 24.8. The Morgan fingerprint density at radius 1 is 1.12 bits per heavy atom. The number of fused-ring (bicyclic) bond motifs is 1. The third-order valence-electron chi connectivity index (χ3n) is 6.68. The Hall–Kier alpha value is -3.06. The van der Waals surface area contributed by atoms with Crippen molar-refractivity contribution in [2.24, 2.45) is 11.8 Å². The molecule has 1 amide bonds. The number of nitrogens with zero attached hydrogens (tertiary/aromatic N) is 2. The van der Waals surface area contributed by atoms with Crippen molar-refractivity contribution in [3.05, 3.63) is 59.6 Å². The second-order valence-electron chi connectivity index (χ2n) is 9.85. The first-order valence-corrected chi connectivity index (χ1v) is 15.4. The Bertz CT molecular complexity index is 1360. The lowest BCUT2D eigenvalue weighted by molar-refractivity contribution is -0.146. The summed E-state index contributed by atoms with van der Waals surface area (Å²) in [6.07, 6.45) is -1.13. The number of ether oxygens (including phenoxy) is 2. The highest BCUT2D eigenvalue weighted by Gasteiger charge is 2.32. The van der Waals surface area contributed by atoms with Gasteiger partial charge in [0.1, 0.15) is 6.61 Å². The number of benzene rings is 2. The zero-order chi connectivity index (χ0) is 29.3. The molecule has 0 aliphatic carbocycles. The van der Waals surface area contributed by atoms with Gasteiger partial charge in [-0.3, -0.25) is 4.79 Å². The number of hydrogen-bond donors (Lipinski definition) is 2. The van der Waals surface area contributed by atoms with Crippen LogP contribution in [0.4, 0.5) is 4.79 Å². The number of nitrogens with one attached hydrogen (secondary N) is 1. The van der Waals surface area contributed by atoms with Crippen molar-refractivity contribution in [3.63, 3.8) is 0 Å². The van der Waals surface area contributed by atoms with Crippen LogP contribution in [0, 0.1) is 11.8 Å². The number of sulfonamides is 1. The van der Waals surface area contributed by atoms with E-state index in [1.807, 2.05) is 44.2 Å². The van der Waals surface area contributed by atoms with Gasteiger partial charge in [-0.25, -0.2) is 18.2 Å². The largest absolute Gasteiger partial charge is 0.469 e. The number of rotatable bonds is 14. The first-order valence-electron chi connectivity index (χ1n) is 13.1. The molecule has 0 saturated carbocycles. The molecule has 0 radical (unpaired) electrons. The first-order chi connectivity index (χ1) is 19.0. The van der Waals surface area contributed by atoms with Crippen LogP contribution in [0.25, 0.3) is 10.2 Å². The average Bonchev–Trinajstić information content (AvgIpc) is 3.43. The van der Waals surface area contributed by atoms with Crippen LogP contribution in [0.15, 0.2) is 58.9 Å². The van der Waals surface area contributed by atoms with Crippen LogP contribution in [0.3, 0.4) is 0 Å². The van der Waals surface area contributed by atoms with Gasteiger partial charge in [-0.05, 0) is 43.0 Å². The van der Waals surface area contributed by atoms with Crippen LogP contribution in [0.1, 0.15) is 32.8 Å². The molecule has 0 spiro atoms. The Labute approximate surface area is 239 Å². The predicted octanol–water partition coefficient (Wildman–Crippen LogP) is 3.84. The summed E-state index contributed by atoms with van der Waals surface area (Å²) in [5.41, 5.74) is 3.21.